The number of amides is 1. The largest absolute Gasteiger partial charge is 0.358 e. The zero-order chi connectivity index (χ0) is 11.7. The summed E-state index contributed by atoms with van der Waals surface area (Å²) in [7, 11) is 1.77. The van der Waals surface area contributed by atoms with E-state index >= 15 is 0 Å². The Labute approximate surface area is 95.1 Å². The maximum Gasteiger partial charge on any atom is 0.242 e. The molecule has 3 atom stereocenters. The fourth-order valence-corrected chi connectivity index (χ4v) is 2.53. The summed E-state index contributed by atoms with van der Waals surface area (Å²) in [5.41, 5.74) is 0. The Morgan fingerprint density at radius 3 is 2.81 bits per heavy atom. The molecule has 5 nitrogen and oxygen atoms in total. The summed E-state index contributed by atoms with van der Waals surface area (Å²) in [5.74, 6) is 0.0545. The Hall–Kier alpha value is -0.940. The quantitative estimate of drug-likeness (QED) is 0.714. The van der Waals surface area contributed by atoms with Crippen LogP contribution in [-0.4, -0.2) is 48.6 Å². The van der Waals surface area contributed by atoms with Crippen LogP contribution in [0.25, 0.3) is 0 Å². The van der Waals surface area contributed by atoms with Gasteiger partial charge < -0.3 is 15.0 Å². The van der Waals surface area contributed by atoms with Gasteiger partial charge >= 0.3 is 0 Å². The molecule has 0 bridgehead atoms. The Kier molecular flexibility index (Phi) is 3.25. The number of hydrogen-bond donors (Lipinski definition) is 1. The molecule has 5 heteroatoms. The van der Waals surface area contributed by atoms with E-state index in [2.05, 4.69) is 5.32 Å². The number of carbonyl (C=O) groups is 2. The van der Waals surface area contributed by atoms with Crippen LogP contribution < -0.4 is 5.32 Å². The standard InChI is InChI=1S/C11H18N2O3/c1-7(14)9-3-4-10-13(9)11(15)8(12-2)5-6-16-10/h8-10,12H,3-6H2,1-2H3/t8-,9-,10?/m0/s1. The maximum atomic E-state index is 12.2. The van der Waals surface area contributed by atoms with Crippen LogP contribution in [-0.2, 0) is 14.3 Å². The van der Waals surface area contributed by atoms with Crippen molar-refractivity contribution in [2.45, 2.75) is 44.5 Å². The first kappa shape index (κ1) is 11.5. The molecular formula is C11H18N2O3. The first-order chi connectivity index (χ1) is 7.65. The summed E-state index contributed by atoms with van der Waals surface area (Å²) in [6.07, 6.45) is 1.97. The molecule has 90 valence electrons. The van der Waals surface area contributed by atoms with Crippen molar-refractivity contribution in [3.05, 3.63) is 0 Å². The van der Waals surface area contributed by atoms with Gasteiger partial charge in [0.15, 0.2) is 5.78 Å². The summed E-state index contributed by atoms with van der Waals surface area (Å²) >= 11 is 0. The second kappa shape index (κ2) is 4.51. The van der Waals surface area contributed by atoms with Gasteiger partial charge in [0, 0.05) is 0 Å². The molecule has 1 amide bonds. The van der Waals surface area contributed by atoms with Gasteiger partial charge in [-0.1, -0.05) is 0 Å². The third-order valence-electron chi connectivity index (χ3n) is 3.42. The minimum absolute atomic E-state index is 0.00250. The number of carbonyl (C=O) groups excluding carboxylic acids is 2. The number of Topliss-reactive ketones (excluding diaryl/α,β-unsaturated/α-hetero) is 1. The molecule has 1 unspecified atom stereocenters. The Morgan fingerprint density at radius 1 is 1.44 bits per heavy atom. The van der Waals surface area contributed by atoms with Gasteiger partial charge in [-0.3, -0.25) is 9.59 Å². The highest BCUT2D eigenvalue weighted by molar-refractivity contribution is 5.90. The second-order valence-corrected chi connectivity index (χ2v) is 4.40. The molecule has 2 fully saturated rings. The number of likely N-dealkylation sites (N-methyl/N-ethyl adjacent to an activating group) is 1. The summed E-state index contributed by atoms with van der Waals surface area (Å²) < 4.78 is 5.62. The van der Waals surface area contributed by atoms with Crippen molar-refractivity contribution in [3.8, 4) is 0 Å². The van der Waals surface area contributed by atoms with E-state index in [1.807, 2.05) is 0 Å². The van der Waals surface area contributed by atoms with Crippen LogP contribution in [0.15, 0.2) is 0 Å². The lowest BCUT2D eigenvalue weighted by Gasteiger charge is -2.28. The predicted octanol–water partition coefficient (Wildman–Crippen LogP) is -0.0992. The molecule has 0 radical (unpaired) electrons. The minimum Gasteiger partial charge on any atom is -0.358 e. The molecule has 2 aliphatic heterocycles. The molecule has 0 aromatic rings. The molecule has 0 saturated carbocycles. The minimum atomic E-state index is -0.286. The van der Waals surface area contributed by atoms with E-state index in [9.17, 15) is 9.59 Å². The van der Waals surface area contributed by atoms with Crippen molar-refractivity contribution in [1.29, 1.82) is 0 Å². The molecule has 2 aliphatic rings. The van der Waals surface area contributed by atoms with Crippen LogP contribution in [0.5, 0.6) is 0 Å². The van der Waals surface area contributed by atoms with Gasteiger partial charge in [-0.2, -0.15) is 0 Å². The van der Waals surface area contributed by atoms with Crippen molar-refractivity contribution in [2.75, 3.05) is 13.7 Å². The first-order valence-electron chi connectivity index (χ1n) is 5.76. The van der Waals surface area contributed by atoms with Crippen molar-refractivity contribution >= 4 is 11.7 Å². The molecule has 0 spiro atoms. The molecule has 2 saturated heterocycles. The SMILES string of the molecule is CN[C@H]1CCOC2CC[C@@H](C(C)=O)N2C1=O. The second-order valence-electron chi connectivity index (χ2n) is 4.40. The van der Waals surface area contributed by atoms with E-state index in [-0.39, 0.29) is 30.0 Å². The van der Waals surface area contributed by atoms with Crippen molar-refractivity contribution in [1.82, 2.24) is 10.2 Å². The summed E-state index contributed by atoms with van der Waals surface area (Å²) in [5, 5.41) is 2.98. The van der Waals surface area contributed by atoms with Crippen LogP contribution in [0.4, 0.5) is 0 Å². The Balaban J connectivity index is 2.22. The van der Waals surface area contributed by atoms with Gasteiger partial charge in [0.25, 0.3) is 0 Å². The van der Waals surface area contributed by atoms with Crippen LogP contribution in [0.3, 0.4) is 0 Å². The molecule has 1 N–H and O–H groups in total. The average Bonchev–Trinajstić information content (AvgIpc) is 2.61. The van der Waals surface area contributed by atoms with E-state index in [4.69, 9.17) is 4.74 Å². The van der Waals surface area contributed by atoms with E-state index in [1.54, 1.807) is 18.9 Å². The van der Waals surface area contributed by atoms with Gasteiger partial charge in [-0.25, -0.2) is 0 Å². The smallest absolute Gasteiger partial charge is 0.242 e. The fraction of sp³-hybridized carbons (Fsp3) is 0.818. The number of ether oxygens (including phenoxy) is 1. The van der Waals surface area contributed by atoms with Gasteiger partial charge in [0.1, 0.15) is 6.23 Å². The Morgan fingerprint density at radius 2 is 2.19 bits per heavy atom. The Bertz CT molecular complexity index is 306. The first-order valence-corrected chi connectivity index (χ1v) is 5.76. The van der Waals surface area contributed by atoms with Crippen LogP contribution in [0.2, 0.25) is 0 Å². The third kappa shape index (κ3) is 1.85. The molecule has 0 aromatic carbocycles. The van der Waals surface area contributed by atoms with E-state index in [0.717, 1.165) is 12.8 Å². The summed E-state index contributed by atoms with van der Waals surface area (Å²) in [6, 6.07) is -0.503. The van der Waals surface area contributed by atoms with Gasteiger partial charge in [-0.15, -0.1) is 0 Å². The number of ketones is 1. The number of fused-ring (bicyclic) bond motifs is 1. The number of rotatable bonds is 2. The number of nitrogens with zero attached hydrogens (tertiary/aromatic N) is 1. The lowest BCUT2D eigenvalue weighted by atomic mass is 10.1. The molecule has 0 aromatic heterocycles. The van der Waals surface area contributed by atoms with Crippen LogP contribution in [0, 0.1) is 0 Å². The molecule has 2 heterocycles. The van der Waals surface area contributed by atoms with Crippen LogP contribution in [0.1, 0.15) is 26.2 Å². The zero-order valence-corrected chi connectivity index (χ0v) is 9.73. The zero-order valence-electron chi connectivity index (χ0n) is 9.73. The maximum absolute atomic E-state index is 12.2. The average molecular weight is 226 g/mol. The highest BCUT2D eigenvalue weighted by Gasteiger charge is 2.43. The molecular weight excluding hydrogens is 208 g/mol. The van der Waals surface area contributed by atoms with Crippen molar-refractivity contribution < 1.29 is 14.3 Å². The van der Waals surface area contributed by atoms with Crippen molar-refractivity contribution in [3.63, 3.8) is 0 Å². The highest BCUT2D eigenvalue weighted by Crippen LogP contribution is 2.28. The summed E-state index contributed by atoms with van der Waals surface area (Å²) in [6.45, 7) is 2.11. The highest BCUT2D eigenvalue weighted by atomic mass is 16.5. The fourth-order valence-electron chi connectivity index (χ4n) is 2.53. The van der Waals surface area contributed by atoms with E-state index in [1.165, 1.54) is 0 Å². The normalized spacial score (nSPS) is 34.8. The van der Waals surface area contributed by atoms with E-state index in [0.29, 0.717) is 13.0 Å². The topological polar surface area (TPSA) is 58.6 Å². The van der Waals surface area contributed by atoms with E-state index < -0.39 is 0 Å². The van der Waals surface area contributed by atoms with Crippen LogP contribution >= 0.6 is 0 Å². The third-order valence-corrected chi connectivity index (χ3v) is 3.42. The van der Waals surface area contributed by atoms with Crippen molar-refractivity contribution in [2.24, 2.45) is 0 Å². The number of nitrogens with one attached hydrogen (secondary N) is 1. The predicted molar refractivity (Wildman–Crippen MR) is 57.8 cm³/mol. The molecule has 16 heavy (non-hydrogen) atoms. The van der Waals surface area contributed by atoms with Gasteiger partial charge in [0.2, 0.25) is 5.91 Å². The lowest BCUT2D eigenvalue weighted by molar-refractivity contribution is -0.146. The monoisotopic (exact) mass is 226 g/mol. The molecule has 0 aliphatic carbocycles. The molecule has 2 rings (SSSR count). The number of hydrogen-bond acceptors (Lipinski definition) is 4. The van der Waals surface area contributed by atoms with Gasteiger partial charge in [-0.05, 0) is 33.2 Å². The lowest BCUT2D eigenvalue weighted by Crippen LogP contribution is -2.50. The van der Waals surface area contributed by atoms with Gasteiger partial charge in [0.05, 0.1) is 18.7 Å². The summed E-state index contributed by atoms with van der Waals surface area (Å²) in [4.78, 5) is 25.3.